The lowest BCUT2D eigenvalue weighted by atomic mass is 9.88. The number of hydrogen-bond donors (Lipinski definition) is 1. The second-order valence-electron chi connectivity index (χ2n) is 4.85. The molecule has 0 spiro atoms. The fourth-order valence-corrected chi connectivity index (χ4v) is 2.89. The van der Waals surface area contributed by atoms with Crippen molar-refractivity contribution in [2.75, 3.05) is 6.61 Å². The molecule has 3 atom stereocenters. The van der Waals surface area contributed by atoms with Crippen molar-refractivity contribution < 1.29 is 9.13 Å². The Labute approximate surface area is 112 Å². The van der Waals surface area contributed by atoms with E-state index in [2.05, 4.69) is 6.92 Å². The molecule has 2 rings (SSSR count). The molecular weight excluding hydrogens is 253 g/mol. The summed E-state index contributed by atoms with van der Waals surface area (Å²) in [6, 6.07) is 4.84. The highest BCUT2D eigenvalue weighted by Crippen LogP contribution is 2.29. The zero-order valence-corrected chi connectivity index (χ0v) is 11.3. The Hall–Kier alpha value is -0.640. The van der Waals surface area contributed by atoms with Crippen molar-refractivity contribution in [2.24, 2.45) is 11.7 Å². The molecule has 1 fully saturated rings. The number of ether oxygens (including phenoxy) is 1. The van der Waals surface area contributed by atoms with E-state index in [0.717, 1.165) is 25.0 Å². The molecule has 100 valence electrons. The van der Waals surface area contributed by atoms with Crippen molar-refractivity contribution in [3.63, 3.8) is 0 Å². The summed E-state index contributed by atoms with van der Waals surface area (Å²) in [5.74, 6) is -0.0367. The van der Waals surface area contributed by atoms with Gasteiger partial charge in [-0.3, -0.25) is 0 Å². The predicted octanol–water partition coefficient (Wildman–Crippen LogP) is 3.16. The Morgan fingerprint density at radius 3 is 3.06 bits per heavy atom. The average molecular weight is 272 g/mol. The Morgan fingerprint density at radius 2 is 2.33 bits per heavy atom. The summed E-state index contributed by atoms with van der Waals surface area (Å²) in [4.78, 5) is 0. The van der Waals surface area contributed by atoms with Gasteiger partial charge in [-0.25, -0.2) is 4.39 Å². The Bertz CT molecular complexity index is 413. The summed E-state index contributed by atoms with van der Waals surface area (Å²) in [5.41, 5.74) is 7.02. The normalized spacial score (nSPS) is 25.3. The van der Waals surface area contributed by atoms with E-state index in [-0.39, 0.29) is 23.0 Å². The highest BCUT2D eigenvalue weighted by molar-refractivity contribution is 6.31. The molecule has 18 heavy (non-hydrogen) atoms. The number of benzene rings is 1. The zero-order valence-electron chi connectivity index (χ0n) is 10.5. The standard InChI is InChI=1S/C14H19ClFNO/c1-2-13-10(6-7-18-13)12(17)8-9-4-3-5-11(16)14(9)15/h3-5,10,12-13H,2,6-8,17H2,1H3. The molecule has 3 unspecified atom stereocenters. The molecule has 1 aromatic carbocycles. The molecule has 1 aromatic rings. The second kappa shape index (κ2) is 6.00. The van der Waals surface area contributed by atoms with Crippen molar-refractivity contribution in [3.8, 4) is 0 Å². The van der Waals surface area contributed by atoms with Gasteiger partial charge in [0.1, 0.15) is 5.82 Å². The quantitative estimate of drug-likeness (QED) is 0.913. The van der Waals surface area contributed by atoms with Crippen LogP contribution in [0.1, 0.15) is 25.3 Å². The van der Waals surface area contributed by atoms with E-state index in [1.165, 1.54) is 6.07 Å². The Morgan fingerprint density at radius 1 is 1.56 bits per heavy atom. The van der Waals surface area contributed by atoms with Crippen molar-refractivity contribution >= 4 is 11.6 Å². The highest BCUT2D eigenvalue weighted by atomic mass is 35.5. The monoisotopic (exact) mass is 271 g/mol. The molecule has 0 aromatic heterocycles. The number of halogens is 2. The summed E-state index contributed by atoms with van der Waals surface area (Å²) in [5, 5.41) is 0.194. The lowest BCUT2D eigenvalue weighted by molar-refractivity contribution is 0.0814. The number of hydrogen-bond acceptors (Lipinski definition) is 2. The van der Waals surface area contributed by atoms with Crippen LogP contribution in [0.25, 0.3) is 0 Å². The van der Waals surface area contributed by atoms with E-state index < -0.39 is 0 Å². The largest absolute Gasteiger partial charge is 0.378 e. The van der Waals surface area contributed by atoms with Crippen LogP contribution in [0.4, 0.5) is 4.39 Å². The van der Waals surface area contributed by atoms with E-state index in [4.69, 9.17) is 22.1 Å². The zero-order chi connectivity index (χ0) is 13.1. The summed E-state index contributed by atoms with van der Waals surface area (Å²) >= 11 is 5.95. The van der Waals surface area contributed by atoms with E-state index in [0.29, 0.717) is 12.3 Å². The number of nitrogens with two attached hydrogens (primary N) is 1. The first-order valence-electron chi connectivity index (χ1n) is 6.43. The van der Waals surface area contributed by atoms with Gasteiger partial charge in [-0.05, 0) is 30.9 Å². The number of rotatable bonds is 4. The molecule has 0 bridgehead atoms. The lowest BCUT2D eigenvalue weighted by Crippen LogP contribution is -2.37. The molecule has 1 aliphatic heterocycles. The molecule has 0 saturated carbocycles. The first-order valence-corrected chi connectivity index (χ1v) is 6.81. The Balaban J connectivity index is 2.06. The minimum absolute atomic E-state index is 0.0308. The van der Waals surface area contributed by atoms with Gasteiger partial charge in [0, 0.05) is 18.6 Å². The van der Waals surface area contributed by atoms with E-state index in [9.17, 15) is 4.39 Å². The third-order valence-corrected chi connectivity index (χ3v) is 4.12. The van der Waals surface area contributed by atoms with Gasteiger partial charge in [0.05, 0.1) is 11.1 Å². The molecule has 1 saturated heterocycles. The SMILES string of the molecule is CCC1OCCC1C(N)Cc1cccc(F)c1Cl. The maximum atomic E-state index is 13.4. The van der Waals surface area contributed by atoms with Crippen LogP contribution in [-0.2, 0) is 11.2 Å². The van der Waals surface area contributed by atoms with Gasteiger partial charge in [0.15, 0.2) is 0 Å². The van der Waals surface area contributed by atoms with E-state index in [1.807, 2.05) is 6.07 Å². The minimum Gasteiger partial charge on any atom is -0.378 e. The highest BCUT2D eigenvalue weighted by Gasteiger charge is 2.31. The van der Waals surface area contributed by atoms with Gasteiger partial charge in [-0.2, -0.15) is 0 Å². The molecule has 4 heteroatoms. The molecule has 1 aliphatic rings. The van der Waals surface area contributed by atoms with Crippen LogP contribution in [-0.4, -0.2) is 18.8 Å². The summed E-state index contributed by atoms with van der Waals surface area (Å²) in [6.07, 6.45) is 2.77. The van der Waals surface area contributed by atoms with Crippen LogP contribution in [0.3, 0.4) is 0 Å². The van der Waals surface area contributed by atoms with Crippen molar-refractivity contribution in [2.45, 2.75) is 38.3 Å². The molecule has 0 radical (unpaired) electrons. The molecular formula is C14H19ClFNO. The van der Waals surface area contributed by atoms with Crippen molar-refractivity contribution in [1.29, 1.82) is 0 Å². The van der Waals surface area contributed by atoms with Crippen LogP contribution in [0.15, 0.2) is 18.2 Å². The third-order valence-electron chi connectivity index (χ3n) is 3.70. The van der Waals surface area contributed by atoms with Crippen molar-refractivity contribution in [1.82, 2.24) is 0 Å². The fourth-order valence-electron chi connectivity index (χ4n) is 2.69. The fraction of sp³-hybridized carbons (Fsp3) is 0.571. The summed E-state index contributed by atoms with van der Waals surface area (Å²) in [7, 11) is 0. The smallest absolute Gasteiger partial charge is 0.142 e. The van der Waals surface area contributed by atoms with Crippen LogP contribution < -0.4 is 5.73 Å². The first kappa shape index (κ1) is 13.8. The van der Waals surface area contributed by atoms with Gasteiger partial charge < -0.3 is 10.5 Å². The molecule has 2 nitrogen and oxygen atoms in total. The van der Waals surface area contributed by atoms with Gasteiger partial charge in [-0.1, -0.05) is 30.7 Å². The maximum absolute atomic E-state index is 13.4. The minimum atomic E-state index is -0.379. The van der Waals surface area contributed by atoms with Crippen LogP contribution in [0.2, 0.25) is 5.02 Å². The van der Waals surface area contributed by atoms with Crippen molar-refractivity contribution in [3.05, 3.63) is 34.6 Å². The lowest BCUT2D eigenvalue weighted by Gasteiger charge is -2.24. The third kappa shape index (κ3) is 2.85. The van der Waals surface area contributed by atoms with Gasteiger partial charge in [0.25, 0.3) is 0 Å². The average Bonchev–Trinajstić information content (AvgIpc) is 2.83. The maximum Gasteiger partial charge on any atom is 0.142 e. The van der Waals surface area contributed by atoms with Gasteiger partial charge in [0.2, 0.25) is 0 Å². The molecule has 1 heterocycles. The topological polar surface area (TPSA) is 35.2 Å². The van der Waals surface area contributed by atoms with Gasteiger partial charge >= 0.3 is 0 Å². The molecule has 0 amide bonds. The molecule has 2 N–H and O–H groups in total. The first-order chi connectivity index (χ1) is 8.63. The van der Waals surface area contributed by atoms with Crippen LogP contribution >= 0.6 is 11.6 Å². The predicted molar refractivity (Wildman–Crippen MR) is 71.2 cm³/mol. The van der Waals surface area contributed by atoms with E-state index in [1.54, 1.807) is 6.07 Å². The van der Waals surface area contributed by atoms with Crippen LogP contribution in [0, 0.1) is 11.7 Å². The summed E-state index contributed by atoms with van der Waals surface area (Å²) < 4.78 is 19.0. The second-order valence-corrected chi connectivity index (χ2v) is 5.23. The van der Waals surface area contributed by atoms with Crippen LogP contribution in [0.5, 0.6) is 0 Å². The Kier molecular flexibility index (Phi) is 4.60. The summed E-state index contributed by atoms with van der Waals surface area (Å²) in [6.45, 7) is 2.87. The molecule has 0 aliphatic carbocycles. The van der Waals surface area contributed by atoms with Gasteiger partial charge in [-0.15, -0.1) is 0 Å². The van der Waals surface area contributed by atoms with E-state index >= 15 is 0 Å².